The fourth-order valence-electron chi connectivity index (χ4n) is 3.26. The van der Waals surface area contributed by atoms with Crippen molar-refractivity contribution in [1.29, 1.82) is 0 Å². The van der Waals surface area contributed by atoms with Crippen LogP contribution in [-0.2, 0) is 0 Å². The van der Waals surface area contributed by atoms with E-state index >= 15 is 0 Å². The van der Waals surface area contributed by atoms with E-state index in [4.69, 9.17) is 0 Å². The predicted molar refractivity (Wildman–Crippen MR) is 94.8 cm³/mol. The molecule has 23 heavy (non-hydrogen) atoms. The van der Waals surface area contributed by atoms with Gasteiger partial charge in [0.1, 0.15) is 5.82 Å². The number of nitrogens with one attached hydrogen (secondary N) is 2. The quantitative estimate of drug-likeness (QED) is 0.847. The average molecular weight is 318 g/mol. The smallest absolute Gasteiger partial charge is 0.251 e. The largest absolute Gasteiger partial charge is 0.368 e. The van der Waals surface area contributed by atoms with Gasteiger partial charge in [-0.3, -0.25) is 4.79 Å². The zero-order valence-electron chi connectivity index (χ0n) is 14.9. The van der Waals surface area contributed by atoms with Crippen LogP contribution in [0.25, 0.3) is 0 Å². The van der Waals surface area contributed by atoms with E-state index in [1.165, 1.54) is 32.1 Å². The van der Waals surface area contributed by atoms with Gasteiger partial charge in [-0.15, -0.1) is 0 Å². The lowest BCUT2D eigenvalue weighted by molar-refractivity contribution is 0.0943. The number of pyridine rings is 1. The number of hydrogen-bond donors (Lipinski definition) is 2. The van der Waals surface area contributed by atoms with Crippen molar-refractivity contribution in [1.82, 2.24) is 15.2 Å². The van der Waals surface area contributed by atoms with E-state index in [2.05, 4.69) is 34.6 Å². The summed E-state index contributed by atoms with van der Waals surface area (Å²) in [5.74, 6) is 0.721. The van der Waals surface area contributed by atoms with Gasteiger partial charge in [-0.05, 0) is 52.9 Å². The Hall–Kier alpha value is -1.62. The van der Waals surface area contributed by atoms with Crippen molar-refractivity contribution in [2.45, 2.75) is 57.5 Å². The highest BCUT2D eigenvalue weighted by Gasteiger charge is 2.33. The molecule has 128 valence electrons. The molecule has 0 aromatic carbocycles. The summed E-state index contributed by atoms with van der Waals surface area (Å²) < 4.78 is 0. The van der Waals surface area contributed by atoms with Crippen LogP contribution in [-0.4, -0.2) is 48.0 Å². The van der Waals surface area contributed by atoms with Crippen molar-refractivity contribution >= 4 is 11.7 Å². The molecule has 1 heterocycles. The normalized spacial score (nSPS) is 17.3. The van der Waals surface area contributed by atoms with Gasteiger partial charge in [-0.25, -0.2) is 4.98 Å². The van der Waals surface area contributed by atoms with E-state index in [1.54, 1.807) is 12.3 Å². The van der Waals surface area contributed by atoms with Crippen molar-refractivity contribution < 1.29 is 4.79 Å². The molecule has 0 unspecified atom stereocenters. The molecule has 1 saturated carbocycles. The highest BCUT2D eigenvalue weighted by atomic mass is 16.1. The second-order valence-corrected chi connectivity index (χ2v) is 7.09. The number of amides is 1. The Balaban J connectivity index is 2.03. The Morgan fingerprint density at radius 1 is 1.30 bits per heavy atom. The van der Waals surface area contributed by atoms with Gasteiger partial charge in [0.15, 0.2) is 0 Å². The Kier molecular flexibility index (Phi) is 5.99. The maximum absolute atomic E-state index is 12.1. The third kappa shape index (κ3) is 4.67. The Morgan fingerprint density at radius 3 is 2.61 bits per heavy atom. The van der Waals surface area contributed by atoms with Crippen molar-refractivity contribution in [3.05, 3.63) is 23.9 Å². The molecule has 5 nitrogen and oxygen atoms in total. The second-order valence-electron chi connectivity index (χ2n) is 7.09. The molecule has 0 aliphatic heterocycles. The average Bonchev–Trinajstić information content (AvgIpc) is 2.53. The monoisotopic (exact) mass is 318 g/mol. The topological polar surface area (TPSA) is 57.3 Å². The first kappa shape index (κ1) is 17.7. The number of anilines is 1. The zero-order chi connectivity index (χ0) is 16.9. The highest BCUT2D eigenvalue weighted by Crippen LogP contribution is 2.32. The minimum atomic E-state index is -0.0505. The van der Waals surface area contributed by atoms with Crippen LogP contribution in [0.2, 0.25) is 0 Å². The number of rotatable bonds is 6. The van der Waals surface area contributed by atoms with Crippen LogP contribution in [0.15, 0.2) is 18.3 Å². The van der Waals surface area contributed by atoms with Crippen molar-refractivity contribution in [3.63, 3.8) is 0 Å². The third-order valence-corrected chi connectivity index (χ3v) is 4.77. The van der Waals surface area contributed by atoms with Gasteiger partial charge in [0.05, 0.1) is 0 Å². The first-order valence-electron chi connectivity index (χ1n) is 8.61. The maximum Gasteiger partial charge on any atom is 0.251 e. The fourth-order valence-corrected chi connectivity index (χ4v) is 3.26. The Labute approximate surface area is 139 Å². The van der Waals surface area contributed by atoms with Crippen molar-refractivity contribution in [3.8, 4) is 0 Å². The van der Waals surface area contributed by atoms with E-state index < -0.39 is 0 Å². The molecule has 2 N–H and O–H groups in total. The van der Waals surface area contributed by atoms with Gasteiger partial charge >= 0.3 is 0 Å². The number of carbonyl (C=O) groups is 1. The summed E-state index contributed by atoms with van der Waals surface area (Å²) in [5.41, 5.74) is 0.842. The third-order valence-electron chi connectivity index (χ3n) is 4.77. The van der Waals surface area contributed by atoms with Gasteiger partial charge in [-0.2, -0.15) is 0 Å². The lowest BCUT2D eigenvalue weighted by Gasteiger charge is -2.43. The lowest BCUT2D eigenvalue weighted by Crippen LogP contribution is -2.51. The van der Waals surface area contributed by atoms with Crippen LogP contribution in [0.4, 0.5) is 5.82 Å². The van der Waals surface area contributed by atoms with Gasteiger partial charge in [0.25, 0.3) is 5.91 Å². The van der Waals surface area contributed by atoms with E-state index in [0.29, 0.717) is 5.56 Å². The highest BCUT2D eigenvalue weighted by molar-refractivity contribution is 5.94. The van der Waals surface area contributed by atoms with E-state index in [1.807, 2.05) is 19.9 Å². The summed E-state index contributed by atoms with van der Waals surface area (Å²) in [7, 11) is 4.32. The SMILES string of the molecule is CC(C)NC(=O)c1ccnc(NCC2(N(C)C)CCCCC2)c1. The molecule has 0 bridgehead atoms. The van der Waals surface area contributed by atoms with Gasteiger partial charge in [0, 0.05) is 29.9 Å². The Morgan fingerprint density at radius 2 is 2.00 bits per heavy atom. The zero-order valence-corrected chi connectivity index (χ0v) is 14.9. The van der Waals surface area contributed by atoms with Crippen LogP contribution in [0.3, 0.4) is 0 Å². The molecule has 1 aliphatic carbocycles. The first-order valence-corrected chi connectivity index (χ1v) is 8.61. The number of carbonyl (C=O) groups excluding carboxylic acids is 1. The van der Waals surface area contributed by atoms with Crippen LogP contribution in [0.1, 0.15) is 56.3 Å². The van der Waals surface area contributed by atoms with Crippen LogP contribution in [0, 0.1) is 0 Å². The lowest BCUT2D eigenvalue weighted by atomic mass is 9.80. The molecular weight excluding hydrogens is 288 g/mol. The van der Waals surface area contributed by atoms with Crippen molar-refractivity contribution in [2.24, 2.45) is 0 Å². The van der Waals surface area contributed by atoms with Crippen LogP contribution >= 0.6 is 0 Å². The van der Waals surface area contributed by atoms with Crippen molar-refractivity contribution in [2.75, 3.05) is 26.0 Å². The summed E-state index contributed by atoms with van der Waals surface area (Å²) in [5, 5.41) is 6.37. The van der Waals surface area contributed by atoms with Crippen LogP contribution in [0.5, 0.6) is 0 Å². The van der Waals surface area contributed by atoms with Crippen LogP contribution < -0.4 is 10.6 Å². The molecule has 1 fully saturated rings. The summed E-state index contributed by atoms with van der Waals surface area (Å²) in [6.07, 6.45) is 8.01. The fraction of sp³-hybridized carbons (Fsp3) is 0.667. The van der Waals surface area contributed by atoms with Gasteiger partial charge in [0.2, 0.25) is 0 Å². The molecule has 1 aromatic heterocycles. The minimum Gasteiger partial charge on any atom is -0.368 e. The number of hydrogen-bond acceptors (Lipinski definition) is 4. The van der Waals surface area contributed by atoms with Gasteiger partial charge < -0.3 is 15.5 Å². The number of nitrogens with zero attached hydrogens (tertiary/aromatic N) is 2. The summed E-state index contributed by atoms with van der Waals surface area (Å²) >= 11 is 0. The molecule has 0 saturated heterocycles. The van der Waals surface area contributed by atoms with E-state index in [9.17, 15) is 4.79 Å². The molecule has 0 atom stereocenters. The van der Waals surface area contributed by atoms with E-state index in [-0.39, 0.29) is 17.5 Å². The molecule has 1 aliphatic rings. The Bertz CT molecular complexity index is 522. The molecule has 5 heteroatoms. The maximum atomic E-state index is 12.1. The number of aromatic nitrogens is 1. The first-order chi connectivity index (χ1) is 10.9. The molecule has 0 radical (unpaired) electrons. The summed E-state index contributed by atoms with van der Waals surface area (Å²) in [4.78, 5) is 18.8. The predicted octanol–water partition coefficient (Wildman–Crippen LogP) is 2.90. The minimum absolute atomic E-state index is 0.0505. The standard InChI is InChI=1S/C18H30N4O/c1-14(2)21-17(23)15-8-11-19-16(12-15)20-13-18(22(3)4)9-6-5-7-10-18/h8,11-12,14H,5-7,9-10,13H2,1-4H3,(H,19,20)(H,21,23). The molecule has 1 amide bonds. The number of likely N-dealkylation sites (N-methyl/N-ethyl adjacent to an activating group) is 1. The molecule has 2 rings (SSSR count). The summed E-state index contributed by atoms with van der Waals surface area (Å²) in [6, 6.07) is 3.72. The summed E-state index contributed by atoms with van der Waals surface area (Å²) in [6.45, 7) is 4.78. The second kappa shape index (κ2) is 7.77. The van der Waals surface area contributed by atoms with Gasteiger partial charge in [-0.1, -0.05) is 19.3 Å². The van der Waals surface area contributed by atoms with E-state index in [0.717, 1.165) is 12.4 Å². The molecule has 0 spiro atoms. The molecule has 1 aromatic rings. The molecular formula is C18H30N4O.